The summed E-state index contributed by atoms with van der Waals surface area (Å²) in [6.45, 7) is 17.4. The first-order valence-electron chi connectivity index (χ1n) is 15.0. The maximum absolute atomic E-state index is 12.0. The van der Waals surface area contributed by atoms with Crippen molar-refractivity contribution in [3.05, 3.63) is 27.8 Å². The zero-order valence-electron chi connectivity index (χ0n) is 25.4. The van der Waals surface area contributed by atoms with Gasteiger partial charge in [0.05, 0.1) is 12.3 Å². The molecule has 0 fully saturated rings. The van der Waals surface area contributed by atoms with E-state index in [1.54, 1.807) is 0 Å². The van der Waals surface area contributed by atoms with Crippen molar-refractivity contribution >= 4 is 11.9 Å². The molecule has 0 saturated heterocycles. The normalized spacial score (nSPS) is 19.5. The molecule has 0 radical (unpaired) electrons. The van der Waals surface area contributed by atoms with Gasteiger partial charge in [-0.3, -0.25) is 9.59 Å². The van der Waals surface area contributed by atoms with Crippen LogP contribution in [0.3, 0.4) is 0 Å². The van der Waals surface area contributed by atoms with Crippen molar-refractivity contribution in [2.24, 2.45) is 17.8 Å². The highest BCUT2D eigenvalue weighted by atomic mass is 16.5. The van der Waals surface area contributed by atoms with Crippen LogP contribution in [0.15, 0.2) is 0 Å². The zero-order chi connectivity index (χ0) is 28.6. The quantitative estimate of drug-likeness (QED) is 0.223. The zero-order valence-corrected chi connectivity index (χ0v) is 25.4. The Hall–Kier alpha value is -2.04. The summed E-state index contributed by atoms with van der Waals surface area (Å²) < 4.78 is 6.67. The van der Waals surface area contributed by atoms with Gasteiger partial charge in [0.1, 0.15) is 11.4 Å². The molecule has 0 amide bonds. The minimum atomic E-state index is -1.10. The fraction of sp³-hybridized carbons (Fsp3) is 0.758. The number of rotatable bonds is 16. The first-order valence-corrected chi connectivity index (χ1v) is 15.0. The minimum Gasteiger partial charge on any atom is -0.487 e. The molecular formula is C33H54O5. The lowest BCUT2D eigenvalue weighted by molar-refractivity contribution is -0.145. The Morgan fingerprint density at radius 2 is 1.39 bits per heavy atom. The smallest absolute Gasteiger partial charge is 0.311 e. The number of carboxylic acids is 2. The van der Waals surface area contributed by atoms with Crippen LogP contribution in [0.1, 0.15) is 139 Å². The van der Waals surface area contributed by atoms with Gasteiger partial charge in [-0.2, -0.15) is 0 Å². The van der Waals surface area contributed by atoms with Gasteiger partial charge in [0, 0.05) is 0 Å². The first kappa shape index (κ1) is 32.2. The fourth-order valence-corrected chi connectivity index (χ4v) is 6.33. The van der Waals surface area contributed by atoms with Crippen LogP contribution >= 0.6 is 0 Å². The Morgan fingerprint density at radius 1 is 0.842 bits per heavy atom. The van der Waals surface area contributed by atoms with Crippen LogP contribution in [0.4, 0.5) is 0 Å². The van der Waals surface area contributed by atoms with E-state index in [0.717, 1.165) is 71.4 Å². The van der Waals surface area contributed by atoms with Crippen molar-refractivity contribution in [2.75, 3.05) is 0 Å². The number of aliphatic carboxylic acids is 2. The van der Waals surface area contributed by atoms with Gasteiger partial charge in [-0.05, 0) is 98.9 Å². The van der Waals surface area contributed by atoms with Crippen LogP contribution in [0.25, 0.3) is 0 Å². The number of fused-ring (bicyclic) bond motifs is 1. The number of benzene rings is 1. The van der Waals surface area contributed by atoms with Gasteiger partial charge in [-0.25, -0.2) is 0 Å². The van der Waals surface area contributed by atoms with Crippen molar-refractivity contribution in [3.63, 3.8) is 0 Å². The highest BCUT2D eigenvalue weighted by molar-refractivity contribution is 5.84. The Morgan fingerprint density at radius 3 is 1.92 bits per heavy atom. The van der Waals surface area contributed by atoms with Gasteiger partial charge in [0.25, 0.3) is 0 Å². The summed E-state index contributed by atoms with van der Waals surface area (Å²) in [5.41, 5.74) is 4.13. The lowest BCUT2D eigenvalue weighted by atomic mass is 9.79. The average Bonchev–Trinajstić information content (AvgIpc) is 2.81. The van der Waals surface area contributed by atoms with E-state index in [1.165, 1.54) is 44.9 Å². The molecular weight excluding hydrogens is 476 g/mol. The highest BCUT2D eigenvalue weighted by Gasteiger charge is 2.36. The monoisotopic (exact) mass is 530 g/mol. The van der Waals surface area contributed by atoms with Gasteiger partial charge in [-0.1, -0.05) is 72.6 Å². The van der Waals surface area contributed by atoms with Crippen molar-refractivity contribution in [2.45, 2.75) is 144 Å². The van der Waals surface area contributed by atoms with E-state index in [2.05, 4.69) is 34.6 Å². The molecule has 216 valence electrons. The van der Waals surface area contributed by atoms with Crippen LogP contribution in [0.2, 0.25) is 0 Å². The molecule has 5 nitrogen and oxygen atoms in total. The SMILES string of the molecule is Cc1c(C)c(C(CC(=O)O)C(=O)O)c(C)c2c1OC(C)(CCCC(C)CCCC(C)CCCC(C)C)CC2. The molecule has 1 aromatic carbocycles. The van der Waals surface area contributed by atoms with E-state index in [0.29, 0.717) is 5.56 Å². The molecule has 4 unspecified atom stereocenters. The molecule has 1 aromatic rings. The highest BCUT2D eigenvalue weighted by Crippen LogP contribution is 2.44. The predicted octanol–water partition coefficient (Wildman–Crippen LogP) is 8.78. The molecule has 1 aliphatic rings. The summed E-state index contributed by atoms with van der Waals surface area (Å²) in [6.07, 6.45) is 12.7. The molecule has 1 heterocycles. The second-order valence-corrected chi connectivity index (χ2v) is 13.0. The van der Waals surface area contributed by atoms with E-state index in [1.807, 2.05) is 20.8 Å². The van der Waals surface area contributed by atoms with Crippen LogP contribution < -0.4 is 4.74 Å². The first-order chi connectivity index (χ1) is 17.8. The molecule has 4 atom stereocenters. The number of ether oxygens (including phenoxy) is 1. The van der Waals surface area contributed by atoms with Crippen molar-refractivity contribution < 1.29 is 24.5 Å². The van der Waals surface area contributed by atoms with E-state index in [9.17, 15) is 19.8 Å². The summed E-state index contributed by atoms with van der Waals surface area (Å²) in [5.74, 6) is 0.0310. The minimum absolute atomic E-state index is 0.226. The molecule has 0 aromatic heterocycles. The Kier molecular flexibility index (Phi) is 12.2. The predicted molar refractivity (Wildman–Crippen MR) is 155 cm³/mol. The molecule has 5 heteroatoms. The Balaban J connectivity index is 1.95. The topological polar surface area (TPSA) is 83.8 Å². The maximum atomic E-state index is 12.0. The van der Waals surface area contributed by atoms with E-state index < -0.39 is 24.3 Å². The van der Waals surface area contributed by atoms with Gasteiger partial charge in [-0.15, -0.1) is 0 Å². The van der Waals surface area contributed by atoms with Crippen molar-refractivity contribution in [3.8, 4) is 5.75 Å². The van der Waals surface area contributed by atoms with E-state index in [4.69, 9.17) is 4.74 Å². The molecule has 0 bridgehead atoms. The summed E-state index contributed by atoms with van der Waals surface area (Å²) >= 11 is 0. The fourth-order valence-electron chi connectivity index (χ4n) is 6.33. The third-order valence-electron chi connectivity index (χ3n) is 8.99. The van der Waals surface area contributed by atoms with Crippen LogP contribution in [0.5, 0.6) is 5.75 Å². The number of carboxylic acid groups (broad SMARTS) is 2. The number of hydrogen-bond donors (Lipinski definition) is 2. The Bertz CT molecular complexity index is 949. The summed E-state index contributed by atoms with van der Waals surface area (Å²) in [7, 11) is 0. The second-order valence-electron chi connectivity index (χ2n) is 13.0. The molecule has 1 aliphatic heterocycles. The number of hydrogen-bond acceptors (Lipinski definition) is 3. The van der Waals surface area contributed by atoms with Gasteiger partial charge in [0.2, 0.25) is 0 Å². The van der Waals surface area contributed by atoms with Crippen LogP contribution in [-0.4, -0.2) is 27.8 Å². The molecule has 2 rings (SSSR count). The summed E-state index contributed by atoms with van der Waals surface area (Å²) in [5, 5.41) is 19.1. The average molecular weight is 531 g/mol. The second kappa shape index (κ2) is 14.4. The third kappa shape index (κ3) is 9.02. The largest absolute Gasteiger partial charge is 0.487 e. The third-order valence-corrected chi connectivity index (χ3v) is 8.99. The maximum Gasteiger partial charge on any atom is 0.311 e. The van der Waals surface area contributed by atoms with Crippen LogP contribution in [0, 0.1) is 38.5 Å². The van der Waals surface area contributed by atoms with Gasteiger partial charge >= 0.3 is 11.9 Å². The Labute approximate surface area is 231 Å². The lowest BCUT2D eigenvalue weighted by Crippen LogP contribution is -2.37. The van der Waals surface area contributed by atoms with E-state index in [-0.39, 0.29) is 5.60 Å². The molecule has 0 aliphatic carbocycles. The van der Waals surface area contributed by atoms with Gasteiger partial charge < -0.3 is 14.9 Å². The lowest BCUT2D eigenvalue weighted by Gasteiger charge is -2.39. The molecule has 38 heavy (non-hydrogen) atoms. The van der Waals surface area contributed by atoms with Crippen molar-refractivity contribution in [1.29, 1.82) is 0 Å². The summed E-state index contributed by atoms with van der Waals surface area (Å²) in [6, 6.07) is 0. The standard InChI is InChI=1S/C33H54O5/c1-21(2)12-9-13-22(3)14-10-15-23(4)16-11-18-33(8)19-17-27-26(7)30(24(5)25(6)31(27)38-33)28(32(36)37)20-29(34)35/h21-23,28H,9-20H2,1-8H3,(H,34,35)(H,36,37). The van der Waals surface area contributed by atoms with E-state index >= 15 is 0 Å². The molecule has 0 saturated carbocycles. The van der Waals surface area contributed by atoms with Crippen molar-refractivity contribution in [1.82, 2.24) is 0 Å². The van der Waals surface area contributed by atoms with Crippen LogP contribution in [-0.2, 0) is 16.0 Å². The number of carbonyl (C=O) groups is 2. The molecule has 2 N–H and O–H groups in total. The van der Waals surface area contributed by atoms with Gasteiger partial charge in [0.15, 0.2) is 0 Å². The summed E-state index contributed by atoms with van der Waals surface area (Å²) in [4.78, 5) is 23.3. The molecule has 0 spiro atoms.